The van der Waals surface area contributed by atoms with Crippen LogP contribution in [0.25, 0.3) is 22.8 Å². The first kappa shape index (κ1) is 23.3. The van der Waals surface area contributed by atoms with Crippen LogP contribution in [-0.4, -0.2) is 48.6 Å². The highest BCUT2D eigenvalue weighted by Gasteiger charge is 2.26. The highest BCUT2D eigenvalue weighted by Crippen LogP contribution is 2.37. The fourth-order valence-electron chi connectivity index (χ4n) is 5.95. The summed E-state index contributed by atoms with van der Waals surface area (Å²) in [5.74, 6) is -0.0146. The molecule has 5 nitrogen and oxygen atoms in total. The molecule has 1 fully saturated rings. The van der Waals surface area contributed by atoms with Crippen molar-refractivity contribution in [2.45, 2.75) is 44.9 Å². The Kier molecular flexibility index (Phi) is 6.75. The van der Waals surface area contributed by atoms with Crippen LogP contribution in [0.2, 0.25) is 0 Å². The summed E-state index contributed by atoms with van der Waals surface area (Å²) < 4.78 is 5.52. The van der Waals surface area contributed by atoms with Crippen molar-refractivity contribution in [3.63, 3.8) is 0 Å². The lowest BCUT2D eigenvalue weighted by molar-refractivity contribution is -0.110. The second-order valence-electron chi connectivity index (χ2n) is 10.2. The fraction of sp³-hybridized carbons (Fsp3) is 0.387. The van der Waals surface area contributed by atoms with Gasteiger partial charge in [-0.1, -0.05) is 42.8 Å². The number of anilines is 1. The average Bonchev–Trinajstić information content (AvgIpc) is 3.29. The lowest BCUT2D eigenvalue weighted by Crippen LogP contribution is -2.37. The molecule has 0 unspecified atom stereocenters. The largest absolute Gasteiger partial charge is 0.379 e. The lowest BCUT2D eigenvalue weighted by Gasteiger charge is -2.26. The van der Waals surface area contributed by atoms with Crippen LogP contribution < -0.4 is 5.32 Å². The summed E-state index contributed by atoms with van der Waals surface area (Å²) in [5, 5.41) is 3.08. The van der Waals surface area contributed by atoms with Crippen LogP contribution in [0.4, 0.5) is 5.69 Å². The molecule has 2 aliphatic heterocycles. The van der Waals surface area contributed by atoms with Gasteiger partial charge in [0.2, 0.25) is 0 Å². The minimum Gasteiger partial charge on any atom is -0.379 e. The van der Waals surface area contributed by atoms with Gasteiger partial charge in [0.15, 0.2) is 0 Å². The van der Waals surface area contributed by atoms with E-state index >= 15 is 0 Å². The summed E-state index contributed by atoms with van der Waals surface area (Å²) in [4.78, 5) is 19.4. The van der Waals surface area contributed by atoms with Crippen LogP contribution in [0.5, 0.6) is 0 Å². The highest BCUT2D eigenvalue weighted by molar-refractivity contribution is 6.35. The topological polar surface area (TPSA) is 57.4 Å². The Morgan fingerprint density at radius 1 is 0.944 bits per heavy atom. The molecule has 0 spiro atoms. The molecule has 0 bridgehead atoms. The number of H-pyrrole nitrogens is 1. The number of nitrogens with zero attached hydrogens (tertiary/aromatic N) is 1. The third-order valence-corrected chi connectivity index (χ3v) is 7.90. The van der Waals surface area contributed by atoms with Crippen LogP contribution in [0, 0.1) is 0 Å². The summed E-state index contributed by atoms with van der Waals surface area (Å²) in [7, 11) is 0. The first-order valence-corrected chi connectivity index (χ1v) is 13.5. The van der Waals surface area contributed by atoms with Gasteiger partial charge < -0.3 is 15.0 Å². The molecule has 1 saturated heterocycles. The zero-order valence-electron chi connectivity index (χ0n) is 20.9. The molecule has 1 aliphatic carbocycles. The number of nitrogens with one attached hydrogen (secondary N) is 2. The number of carbonyl (C=O) groups excluding carboxylic acids is 1. The quantitative estimate of drug-likeness (QED) is 0.350. The second kappa shape index (κ2) is 10.5. The summed E-state index contributed by atoms with van der Waals surface area (Å²) in [6.07, 6.45) is 10.3. The summed E-state index contributed by atoms with van der Waals surface area (Å²) >= 11 is 0. The van der Waals surface area contributed by atoms with E-state index in [9.17, 15) is 4.79 Å². The van der Waals surface area contributed by atoms with E-state index in [0.29, 0.717) is 0 Å². The number of rotatable bonds is 6. The predicted molar refractivity (Wildman–Crippen MR) is 146 cm³/mol. The van der Waals surface area contributed by atoms with Gasteiger partial charge in [0, 0.05) is 35.7 Å². The molecule has 2 aromatic carbocycles. The van der Waals surface area contributed by atoms with E-state index in [1.54, 1.807) is 0 Å². The predicted octanol–water partition coefficient (Wildman–Crippen LogP) is 5.71. The third-order valence-electron chi connectivity index (χ3n) is 7.90. The maximum atomic E-state index is 13.1. The Morgan fingerprint density at radius 2 is 1.78 bits per heavy atom. The van der Waals surface area contributed by atoms with Gasteiger partial charge >= 0.3 is 0 Å². The van der Waals surface area contributed by atoms with E-state index in [1.807, 2.05) is 12.1 Å². The first-order chi connectivity index (χ1) is 17.8. The fourth-order valence-corrected chi connectivity index (χ4v) is 5.95. The molecule has 0 atom stereocenters. The highest BCUT2D eigenvalue weighted by atomic mass is 16.5. The molecule has 6 rings (SSSR count). The molecule has 186 valence electrons. The van der Waals surface area contributed by atoms with Gasteiger partial charge in [-0.05, 0) is 85.5 Å². The molecule has 5 heteroatoms. The molecule has 3 aromatic rings. The molecule has 1 aromatic heterocycles. The Labute approximate surface area is 213 Å². The number of aromatic nitrogens is 1. The van der Waals surface area contributed by atoms with Crippen LogP contribution in [-0.2, 0) is 28.8 Å². The van der Waals surface area contributed by atoms with Crippen molar-refractivity contribution in [3.8, 4) is 11.1 Å². The first-order valence-electron chi connectivity index (χ1n) is 13.5. The number of morpholine rings is 1. The molecule has 3 heterocycles. The number of hydrogen-bond donors (Lipinski definition) is 2. The zero-order chi connectivity index (χ0) is 24.3. The minimum atomic E-state index is -0.0146. The Hall–Kier alpha value is -3.15. The van der Waals surface area contributed by atoms with Crippen LogP contribution in [0.1, 0.15) is 53.8 Å². The van der Waals surface area contributed by atoms with Crippen LogP contribution in [0.15, 0.2) is 48.5 Å². The molecular weight excluding hydrogens is 446 g/mol. The van der Waals surface area contributed by atoms with Gasteiger partial charge in [-0.25, -0.2) is 0 Å². The van der Waals surface area contributed by atoms with Crippen molar-refractivity contribution in [2.75, 3.05) is 38.2 Å². The van der Waals surface area contributed by atoms with Crippen LogP contribution in [0.3, 0.4) is 0 Å². The molecule has 0 radical (unpaired) electrons. The monoisotopic (exact) mass is 481 g/mol. The number of aryl methyl sites for hydroxylation is 1. The van der Waals surface area contributed by atoms with E-state index in [-0.39, 0.29) is 5.91 Å². The molecule has 1 amide bonds. The summed E-state index contributed by atoms with van der Waals surface area (Å²) in [6.45, 7) is 4.85. The summed E-state index contributed by atoms with van der Waals surface area (Å²) in [5.41, 5.74) is 10.4. The van der Waals surface area contributed by atoms with Crippen LogP contribution >= 0.6 is 0 Å². The molecule has 2 N–H and O–H groups in total. The van der Waals surface area contributed by atoms with Crippen molar-refractivity contribution in [1.29, 1.82) is 0 Å². The standard InChI is InChI=1S/C31H35N3O2/c35-31-27(26-20-23(13-14-29(26)33-31)22-8-3-1-4-9-22)21-30-25(11-7-15-34-16-18-36-19-17-34)24-10-5-2-6-12-28(24)32-30/h1,3-4,8-9,13-14,20-21,32H,2,5-7,10-12,15-19H2,(H,33,35). The van der Waals surface area contributed by atoms with E-state index in [4.69, 9.17) is 4.74 Å². The van der Waals surface area contributed by atoms with Gasteiger partial charge in [0.25, 0.3) is 5.91 Å². The Morgan fingerprint density at radius 3 is 2.64 bits per heavy atom. The lowest BCUT2D eigenvalue weighted by atomic mass is 9.96. The molecule has 36 heavy (non-hydrogen) atoms. The zero-order valence-corrected chi connectivity index (χ0v) is 20.9. The van der Waals surface area contributed by atoms with Gasteiger partial charge in [-0.3, -0.25) is 9.69 Å². The SMILES string of the molecule is O=C1Nc2ccc(-c3ccccc3)cc2C1=Cc1[nH]c2c(c1CCCN1CCOCC1)CCCCC2. The number of aromatic amines is 1. The number of hydrogen-bond acceptors (Lipinski definition) is 3. The van der Waals surface area contributed by atoms with Crippen molar-refractivity contribution in [1.82, 2.24) is 9.88 Å². The van der Waals surface area contributed by atoms with Gasteiger partial charge in [-0.2, -0.15) is 0 Å². The van der Waals surface area contributed by atoms with E-state index in [2.05, 4.69) is 57.7 Å². The van der Waals surface area contributed by atoms with Gasteiger partial charge in [-0.15, -0.1) is 0 Å². The van der Waals surface area contributed by atoms with E-state index in [0.717, 1.165) is 92.2 Å². The van der Waals surface area contributed by atoms with Gasteiger partial charge in [0.1, 0.15) is 0 Å². The third kappa shape index (κ3) is 4.78. The van der Waals surface area contributed by atoms with Crippen molar-refractivity contribution in [3.05, 3.63) is 76.6 Å². The Balaban J connectivity index is 1.33. The maximum absolute atomic E-state index is 13.1. The minimum absolute atomic E-state index is 0.0146. The molecular formula is C31H35N3O2. The van der Waals surface area contributed by atoms with E-state index < -0.39 is 0 Å². The normalized spacial score (nSPS) is 19.1. The number of amides is 1. The second-order valence-corrected chi connectivity index (χ2v) is 10.2. The average molecular weight is 482 g/mol. The molecule has 3 aliphatic rings. The summed E-state index contributed by atoms with van der Waals surface area (Å²) in [6, 6.07) is 16.6. The maximum Gasteiger partial charge on any atom is 0.256 e. The van der Waals surface area contributed by atoms with Crippen molar-refractivity contribution >= 4 is 23.2 Å². The number of benzene rings is 2. The number of ether oxygens (including phenoxy) is 1. The van der Waals surface area contributed by atoms with E-state index in [1.165, 1.54) is 36.1 Å². The number of fused-ring (bicyclic) bond motifs is 2. The number of carbonyl (C=O) groups is 1. The Bertz CT molecular complexity index is 1270. The van der Waals surface area contributed by atoms with Crippen molar-refractivity contribution < 1.29 is 9.53 Å². The smallest absolute Gasteiger partial charge is 0.256 e. The van der Waals surface area contributed by atoms with Crippen molar-refractivity contribution in [2.24, 2.45) is 0 Å². The molecule has 0 saturated carbocycles. The van der Waals surface area contributed by atoms with Gasteiger partial charge in [0.05, 0.1) is 18.8 Å².